The number of thiazole rings is 1. The number of hydrogen-bond donors (Lipinski definition) is 3. The second kappa shape index (κ2) is 9.36. The predicted molar refractivity (Wildman–Crippen MR) is 136 cm³/mol. The molecule has 36 heavy (non-hydrogen) atoms. The lowest BCUT2D eigenvalue weighted by Crippen LogP contribution is -2.29. The lowest BCUT2D eigenvalue weighted by Gasteiger charge is -2.15. The van der Waals surface area contributed by atoms with E-state index in [1.807, 2.05) is 10.9 Å². The Morgan fingerprint density at radius 2 is 2.08 bits per heavy atom. The van der Waals surface area contributed by atoms with E-state index >= 15 is 0 Å². The minimum atomic E-state index is -0.300. The Morgan fingerprint density at radius 1 is 1.19 bits per heavy atom. The zero-order valence-corrected chi connectivity index (χ0v) is 20.6. The van der Waals surface area contributed by atoms with Crippen molar-refractivity contribution in [3.63, 3.8) is 0 Å². The molecule has 0 spiro atoms. The van der Waals surface area contributed by atoms with Crippen LogP contribution in [-0.2, 0) is 11.3 Å². The summed E-state index contributed by atoms with van der Waals surface area (Å²) in [6.07, 6.45) is 10.2. The molecule has 1 aliphatic heterocycles. The maximum Gasteiger partial charge on any atom is 0.260 e. The molecule has 4 aromatic rings. The van der Waals surface area contributed by atoms with E-state index in [0.29, 0.717) is 35.2 Å². The normalized spacial score (nSPS) is 14.9. The second-order valence-corrected chi connectivity index (χ2v) is 10.2. The number of nitrogens with zero attached hydrogens (tertiary/aromatic N) is 5. The Morgan fingerprint density at radius 3 is 2.94 bits per heavy atom. The first-order chi connectivity index (χ1) is 17.5. The van der Waals surface area contributed by atoms with Crippen molar-refractivity contribution in [2.45, 2.75) is 32.7 Å². The molecule has 0 aromatic carbocycles. The number of carbonyl (C=O) groups is 2. The Labute approximate surface area is 210 Å². The molecule has 5 heterocycles. The molecule has 12 heteroatoms. The molecule has 0 atom stereocenters. The monoisotopic (exact) mass is 506 g/mol. The van der Waals surface area contributed by atoms with Crippen LogP contribution in [0.5, 0.6) is 5.88 Å². The summed E-state index contributed by atoms with van der Waals surface area (Å²) in [5.74, 6) is 1.01. The molecule has 6 rings (SSSR count). The lowest BCUT2D eigenvalue weighted by atomic mass is 10.2. The second-order valence-electron chi connectivity index (χ2n) is 9.13. The zero-order valence-electron chi connectivity index (χ0n) is 19.8. The summed E-state index contributed by atoms with van der Waals surface area (Å²) in [4.78, 5) is 31.4. The van der Waals surface area contributed by atoms with E-state index in [2.05, 4.69) is 31.1 Å². The first-order valence-electron chi connectivity index (χ1n) is 12.0. The molecule has 0 saturated heterocycles. The molecule has 186 valence electrons. The van der Waals surface area contributed by atoms with Crippen LogP contribution in [0.25, 0.3) is 15.3 Å². The highest BCUT2D eigenvalue weighted by atomic mass is 32.1. The van der Waals surface area contributed by atoms with Gasteiger partial charge in [0.2, 0.25) is 11.8 Å². The summed E-state index contributed by atoms with van der Waals surface area (Å²) < 4.78 is 9.38. The highest BCUT2D eigenvalue weighted by molar-refractivity contribution is 7.21. The molecule has 11 nitrogen and oxygen atoms in total. The summed E-state index contributed by atoms with van der Waals surface area (Å²) in [5, 5.41) is 17.7. The summed E-state index contributed by atoms with van der Waals surface area (Å²) in [7, 11) is 0. The number of nitrogens with one attached hydrogen (secondary N) is 3. The van der Waals surface area contributed by atoms with Crippen molar-refractivity contribution in [3.05, 3.63) is 42.1 Å². The molecule has 3 N–H and O–H groups in total. The average molecular weight is 507 g/mol. The number of aryl methyl sites for hydroxylation is 2. The van der Waals surface area contributed by atoms with Crippen LogP contribution in [0.15, 0.2) is 30.9 Å². The van der Waals surface area contributed by atoms with Crippen LogP contribution in [-0.4, -0.2) is 55.9 Å². The first kappa shape index (κ1) is 22.7. The van der Waals surface area contributed by atoms with Crippen LogP contribution < -0.4 is 20.7 Å². The van der Waals surface area contributed by atoms with Crippen LogP contribution in [0, 0.1) is 12.8 Å². The fraction of sp³-hybridized carbons (Fsp3) is 0.375. The molecule has 0 radical (unpaired) electrons. The van der Waals surface area contributed by atoms with Gasteiger partial charge in [-0.2, -0.15) is 10.2 Å². The van der Waals surface area contributed by atoms with E-state index in [0.717, 1.165) is 40.7 Å². The quantitative estimate of drug-likeness (QED) is 0.335. The van der Waals surface area contributed by atoms with Gasteiger partial charge in [-0.25, -0.2) is 9.20 Å². The highest BCUT2D eigenvalue weighted by Crippen LogP contribution is 2.37. The van der Waals surface area contributed by atoms with Gasteiger partial charge >= 0.3 is 0 Å². The molecule has 4 aromatic heterocycles. The van der Waals surface area contributed by atoms with Gasteiger partial charge in [0.25, 0.3) is 5.91 Å². The first-order valence-corrected chi connectivity index (χ1v) is 12.8. The lowest BCUT2D eigenvalue weighted by molar-refractivity contribution is -0.115. The largest absolute Gasteiger partial charge is 0.477 e. The number of fused-ring (bicyclic) bond motifs is 2. The van der Waals surface area contributed by atoms with Gasteiger partial charge in [-0.05, 0) is 38.3 Å². The minimum absolute atomic E-state index is 0.144. The van der Waals surface area contributed by atoms with Crippen molar-refractivity contribution >= 4 is 39.4 Å². The van der Waals surface area contributed by atoms with E-state index in [-0.39, 0.29) is 18.4 Å². The van der Waals surface area contributed by atoms with Crippen LogP contribution in [0.2, 0.25) is 0 Å². The standard InChI is InChI=1S/C24H26N8O3S/c1-14-19(7-16(9-26-14)29-21(33)12-25-8-15-3-4-15)30-22(34)18-11-28-32-13-20(36-24(18)32)17-10-27-31-5-2-6-35-23(17)31/h7,9-11,13,15,25H,2-6,8,12H2,1H3,(H,29,33)(H,30,34). The van der Waals surface area contributed by atoms with Gasteiger partial charge < -0.3 is 20.7 Å². The third kappa shape index (κ3) is 4.56. The SMILES string of the molecule is Cc1ncc(NC(=O)CNCC2CC2)cc1NC(=O)c1cnn2cc(-c3cnn4c3OCCC4)sc12. The van der Waals surface area contributed by atoms with Crippen LogP contribution in [0.4, 0.5) is 11.4 Å². The highest BCUT2D eigenvalue weighted by Gasteiger charge is 2.23. The van der Waals surface area contributed by atoms with E-state index < -0.39 is 0 Å². The number of ether oxygens (including phenoxy) is 1. The van der Waals surface area contributed by atoms with Crippen molar-refractivity contribution < 1.29 is 14.3 Å². The van der Waals surface area contributed by atoms with Gasteiger partial charge in [0, 0.05) is 19.2 Å². The summed E-state index contributed by atoms with van der Waals surface area (Å²) >= 11 is 1.46. The van der Waals surface area contributed by atoms with E-state index in [4.69, 9.17) is 4.74 Å². The third-order valence-electron chi connectivity index (χ3n) is 6.28. The molecule has 1 aliphatic carbocycles. The van der Waals surface area contributed by atoms with E-state index in [1.165, 1.54) is 24.2 Å². The smallest absolute Gasteiger partial charge is 0.260 e. The number of carbonyl (C=O) groups excluding carboxylic acids is 2. The van der Waals surface area contributed by atoms with Crippen molar-refractivity contribution in [2.24, 2.45) is 5.92 Å². The van der Waals surface area contributed by atoms with Gasteiger partial charge in [-0.1, -0.05) is 0 Å². The Kier molecular flexibility index (Phi) is 5.89. The van der Waals surface area contributed by atoms with Crippen LogP contribution in [0.1, 0.15) is 35.3 Å². The molecule has 0 bridgehead atoms. The van der Waals surface area contributed by atoms with E-state index in [1.54, 1.807) is 36.1 Å². The fourth-order valence-electron chi connectivity index (χ4n) is 4.14. The Hall–Kier alpha value is -3.77. The number of pyridine rings is 1. The van der Waals surface area contributed by atoms with Gasteiger partial charge in [0.15, 0.2) is 0 Å². The molecule has 1 saturated carbocycles. The molecular formula is C24H26N8O3S. The Bertz CT molecular complexity index is 1450. The number of amides is 2. The third-order valence-corrected chi connectivity index (χ3v) is 7.43. The maximum atomic E-state index is 13.2. The molecule has 1 fully saturated rings. The minimum Gasteiger partial charge on any atom is -0.477 e. The summed E-state index contributed by atoms with van der Waals surface area (Å²) in [6.45, 7) is 4.40. The van der Waals surface area contributed by atoms with Crippen molar-refractivity contribution in [2.75, 3.05) is 30.3 Å². The summed E-state index contributed by atoms with van der Waals surface area (Å²) in [5.41, 5.74) is 3.04. The maximum absolute atomic E-state index is 13.2. The van der Waals surface area contributed by atoms with Gasteiger partial charge in [0.05, 0.1) is 64.8 Å². The van der Waals surface area contributed by atoms with Crippen molar-refractivity contribution in [3.8, 4) is 16.3 Å². The number of aromatic nitrogens is 5. The van der Waals surface area contributed by atoms with Gasteiger partial charge in [-0.3, -0.25) is 14.6 Å². The molecule has 2 amide bonds. The van der Waals surface area contributed by atoms with Crippen LogP contribution >= 0.6 is 11.3 Å². The topological polar surface area (TPSA) is 127 Å². The number of rotatable bonds is 8. The van der Waals surface area contributed by atoms with Gasteiger partial charge in [0.1, 0.15) is 4.83 Å². The predicted octanol–water partition coefficient (Wildman–Crippen LogP) is 2.94. The Balaban J connectivity index is 1.17. The molecule has 0 unspecified atom stereocenters. The van der Waals surface area contributed by atoms with Crippen LogP contribution in [0.3, 0.4) is 0 Å². The van der Waals surface area contributed by atoms with Gasteiger partial charge in [-0.15, -0.1) is 11.3 Å². The zero-order chi connectivity index (χ0) is 24.6. The number of anilines is 2. The molecular weight excluding hydrogens is 480 g/mol. The van der Waals surface area contributed by atoms with Crippen molar-refractivity contribution in [1.29, 1.82) is 0 Å². The summed E-state index contributed by atoms with van der Waals surface area (Å²) in [6, 6.07) is 1.72. The van der Waals surface area contributed by atoms with E-state index in [9.17, 15) is 9.59 Å². The molecule has 2 aliphatic rings. The number of hydrogen-bond acceptors (Lipinski definition) is 8. The average Bonchev–Trinajstić information content (AvgIpc) is 3.25. The fourth-order valence-corrected chi connectivity index (χ4v) is 5.20. The van der Waals surface area contributed by atoms with Crippen molar-refractivity contribution in [1.82, 2.24) is 29.7 Å².